The molecule has 0 aliphatic heterocycles. The highest BCUT2D eigenvalue weighted by Crippen LogP contribution is 2.29. The number of benzene rings is 2. The summed E-state index contributed by atoms with van der Waals surface area (Å²) < 4.78 is 10.9. The Hall–Kier alpha value is -3.33. The number of amides is 1. The number of nitrogens with zero attached hydrogens (tertiary/aromatic N) is 1. The molecule has 2 aromatic carbocycles. The summed E-state index contributed by atoms with van der Waals surface area (Å²) in [6.07, 6.45) is 0. The zero-order chi connectivity index (χ0) is 18.7. The summed E-state index contributed by atoms with van der Waals surface area (Å²) in [6.45, 7) is -0.507. The Morgan fingerprint density at radius 1 is 1.27 bits per heavy atom. The number of esters is 1. The van der Waals surface area contributed by atoms with E-state index in [1.54, 1.807) is 19.2 Å². The molecule has 9 heteroatoms. The summed E-state index contributed by atoms with van der Waals surface area (Å²) in [7, 11) is 1.57. The number of thiazole rings is 1. The third-order valence-corrected chi connectivity index (χ3v) is 4.37. The van der Waals surface area contributed by atoms with Crippen molar-refractivity contribution >= 4 is 44.2 Å². The maximum atomic E-state index is 12.0. The van der Waals surface area contributed by atoms with Crippen LogP contribution in [0.5, 0.6) is 11.5 Å². The number of aromatic hydroxyl groups is 1. The van der Waals surface area contributed by atoms with Crippen LogP contribution in [0.15, 0.2) is 36.4 Å². The molecule has 134 valence electrons. The number of nitrogens with one attached hydrogen (secondary N) is 1. The quantitative estimate of drug-likeness (QED) is 0.356. The summed E-state index contributed by atoms with van der Waals surface area (Å²) in [4.78, 5) is 28.2. The molecule has 0 bridgehead atoms. The molecule has 1 heterocycles. The number of aromatic nitrogens is 1. The van der Waals surface area contributed by atoms with Gasteiger partial charge >= 0.3 is 5.97 Å². The molecule has 26 heavy (non-hydrogen) atoms. The third kappa shape index (κ3) is 3.83. The lowest BCUT2D eigenvalue weighted by molar-refractivity contribution is -0.119. The van der Waals surface area contributed by atoms with Gasteiger partial charge in [-0.2, -0.15) is 0 Å². The van der Waals surface area contributed by atoms with Crippen LogP contribution in [0.2, 0.25) is 0 Å². The van der Waals surface area contributed by atoms with Gasteiger partial charge in [-0.25, -0.2) is 9.78 Å². The van der Waals surface area contributed by atoms with Crippen LogP contribution >= 0.6 is 11.3 Å². The second kappa shape index (κ2) is 7.28. The number of carbonyl (C=O) groups excluding carboxylic acids is 2. The maximum Gasteiger partial charge on any atom is 0.340 e. The molecule has 0 saturated carbocycles. The molecule has 8 nitrogen and oxygen atoms in total. The van der Waals surface area contributed by atoms with Gasteiger partial charge < -0.3 is 20.3 Å². The van der Waals surface area contributed by atoms with Crippen molar-refractivity contribution in [1.29, 1.82) is 0 Å². The topological polar surface area (TPSA) is 124 Å². The number of methoxy groups -OCH3 is 1. The number of nitrogen functional groups attached to an aromatic ring is 1. The van der Waals surface area contributed by atoms with Gasteiger partial charge in [-0.1, -0.05) is 11.3 Å². The maximum absolute atomic E-state index is 12.0. The van der Waals surface area contributed by atoms with E-state index in [0.717, 1.165) is 10.2 Å². The molecule has 4 N–H and O–H groups in total. The molecule has 0 unspecified atom stereocenters. The smallest absolute Gasteiger partial charge is 0.340 e. The van der Waals surface area contributed by atoms with Gasteiger partial charge in [-0.05, 0) is 36.4 Å². The van der Waals surface area contributed by atoms with Crippen molar-refractivity contribution in [3.8, 4) is 11.5 Å². The van der Waals surface area contributed by atoms with Crippen LogP contribution in [0.3, 0.4) is 0 Å². The number of hydrogen-bond donors (Lipinski definition) is 3. The molecule has 0 radical (unpaired) electrons. The van der Waals surface area contributed by atoms with Crippen LogP contribution < -0.4 is 15.8 Å². The predicted octanol–water partition coefficient (Wildman–Crippen LogP) is 2.39. The second-order valence-electron chi connectivity index (χ2n) is 5.25. The van der Waals surface area contributed by atoms with E-state index in [4.69, 9.17) is 15.2 Å². The molecule has 3 rings (SSSR count). The normalized spacial score (nSPS) is 10.5. The molecule has 0 atom stereocenters. The minimum Gasteiger partial charge on any atom is -0.508 e. The molecule has 0 aliphatic rings. The molecule has 3 aromatic rings. The lowest BCUT2D eigenvalue weighted by atomic mass is 10.2. The Labute approximate surface area is 152 Å². The van der Waals surface area contributed by atoms with Crippen LogP contribution in [0.1, 0.15) is 10.4 Å². The zero-order valence-corrected chi connectivity index (χ0v) is 14.5. The van der Waals surface area contributed by atoms with Gasteiger partial charge in [0.05, 0.1) is 22.9 Å². The number of nitrogens with two attached hydrogens (primary N) is 1. The van der Waals surface area contributed by atoms with Crippen LogP contribution in [-0.4, -0.2) is 35.7 Å². The van der Waals surface area contributed by atoms with Gasteiger partial charge in [0, 0.05) is 5.69 Å². The molecular weight excluding hydrogens is 358 g/mol. The fourth-order valence-corrected chi connectivity index (χ4v) is 3.08. The van der Waals surface area contributed by atoms with E-state index in [9.17, 15) is 14.7 Å². The third-order valence-electron chi connectivity index (χ3n) is 3.43. The Balaban J connectivity index is 1.62. The number of hydrogen-bond acceptors (Lipinski definition) is 8. The molecular formula is C17H15N3O5S. The standard InChI is InChI=1S/C17H15N3O5S/c1-24-10-3-5-13-14(7-10)26-17(19-13)20-15(22)8-25-16(23)11-6-9(21)2-4-12(11)18/h2-7,21H,8,18H2,1H3,(H,19,20,22). The van der Waals surface area contributed by atoms with E-state index >= 15 is 0 Å². The number of anilines is 2. The van der Waals surface area contributed by atoms with E-state index in [2.05, 4.69) is 10.3 Å². The summed E-state index contributed by atoms with van der Waals surface area (Å²) >= 11 is 1.27. The van der Waals surface area contributed by atoms with Gasteiger partial charge in [0.15, 0.2) is 11.7 Å². The van der Waals surface area contributed by atoms with Gasteiger partial charge in [0.1, 0.15) is 11.5 Å². The largest absolute Gasteiger partial charge is 0.508 e. The molecule has 0 fully saturated rings. The Kier molecular flexibility index (Phi) is 4.90. The number of fused-ring (bicyclic) bond motifs is 1. The highest BCUT2D eigenvalue weighted by molar-refractivity contribution is 7.22. The monoisotopic (exact) mass is 373 g/mol. The van der Waals surface area contributed by atoms with Crippen molar-refractivity contribution in [2.75, 3.05) is 24.8 Å². The first kappa shape index (κ1) is 17.5. The summed E-state index contributed by atoms with van der Waals surface area (Å²) in [5, 5.41) is 12.4. The van der Waals surface area contributed by atoms with E-state index in [0.29, 0.717) is 10.9 Å². The van der Waals surface area contributed by atoms with Crippen molar-refractivity contribution in [3.05, 3.63) is 42.0 Å². The summed E-state index contributed by atoms with van der Waals surface area (Å²) in [6, 6.07) is 9.27. The minimum atomic E-state index is -0.803. The Morgan fingerprint density at radius 2 is 2.08 bits per heavy atom. The van der Waals surface area contributed by atoms with Gasteiger partial charge in [0.25, 0.3) is 5.91 Å². The predicted molar refractivity (Wildman–Crippen MR) is 97.6 cm³/mol. The number of phenolic OH excluding ortho intramolecular Hbond substituents is 1. The second-order valence-corrected chi connectivity index (χ2v) is 6.28. The number of rotatable bonds is 5. The summed E-state index contributed by atoms with van der Waals surface area (Å²) in [5.41, 5.74) is 6.51. The molecule has 0 aliphatic carbocycles. The number of ether oxygens (including phenoxy) is 2. The lowest BCUT2D eigenvalue weighted by Gasteiger charge is -2.07. The Morgan fingerprint density at radius 3 is 2.85 bits per heavy atom. The highest BCUT2D eigenvalue weighted by Gasteiger charge is 2.15. The fraction of sp³-hybridized carbons (Fsp3) is 0.118. The van der Waals surface area contributed by atoms with E-state index in [1.165, 1.54) is 29.5 Å². The van der Waals surface area contributed by atoms with Crippen molar-refractivity contribution in [1.82, 2.24) is 4.98 Å². The average Bonchev–Trinajstić information content (AvgIpc) is 3.02. The van der Waals surface area contributed by atoms with Crippen LogP contribution in [0.4, 0.5) is 10.8 Å². The van der Waals surface area contributed by atoms with E-state index in [1.807, 2.05) is 6.07 Å². The summed E-state index contributed by atoms with van der Waals surface area (Å²) in [5.74, 6) is -0.775. The lowest BCUT2D eigenvalue weighted by Crippen LogP contribution is -2.21. The average molecular weight is 373 g/mol. The van der Waals surface area contributed by atoms with Crippen molar-refractivity contribution < 1.29 is 24.2 Å². The van der Waals surface area contributed by atoms with Crippen LogP contribution in [0.25, 0.3) is 10.2 Å². The zero-order valence-electron chi connectivity index (χ0n) is 13.7. The SMILES string of the molecule is COc1ccc2nc(NC(=O)COC(=O)c3cc(O)ccc3N)sc2c1. The minimum absolute atomic E-state index is 0.00937. The van der Waals surface area contributed by atoms with Crippen LogP contribution in [-0.2, 0) is 9.53 Å². The van der Waals surface area contributed by atoms with Gasteiger partial charge in [-0.15, -0.1) is 0 Å². The molecule has 1 amide bonds. The first-order valence-electron chi connectivity index (χ1n) is 7.46. The van der Waals surface area contributed by atoms with Crippen molar-refractivity contribution in [2.24, 2.45) is 0 Å². The highest BCUT2D eigenvalue weighted by atomic mass is 32.1. The van der Waals surface area contributed by atoms with E-state index in [-0.39, 0.29) is 17.0 Å². The van der Waals surface area contributed by atoms with Crippen LogP contribution in [0, 0.1) is 0 Å². The molecule has 1 aromatic heterocycles. The Bertz CT molecular complexity index is 986. The number of carbonyl (C=O) groups is 2. The van der Waals surface area contributed by atoms with Crippen molar-refractivity contribution in [2.45, 2.75) is 0 Å². The number of phenols is 1. The van der Waals surface area contributed by atoms with Gasteiger partial charge in [-0.3, -0.25) is 10.1 Å². The fourth-order valence-electron chi connectivity index (χ4n) is 2.17. The first-order valence-corrected chi connectivity index (χ1v) is 8.28. The molecule has 0 spiro atoms. The van der Waals surface area contributed by atoms with Gasteiger partial charge in [0.2, 0.25) is 0 Å². The van der Waals surface area contributed by atoms with E-state index < -0.39 is 18.5 Å². The first-order chi connectivity index (χ1) is 12.5. The van der Waals surface area contributed by atoms with Crippen molar-refractivity contribution in [3.63, 3.8) is 0 Å². The molecule has 0 saturated heterocycles.